The Balaban J connectivity index is 2.74. The van der Waals surface area contributed by atoms with E-state index in [4.69, 9.17) is 0 Å². The predicted octanol–water partition coefficient (Wildman–Crippen LogP) is 3.61. The molecule has 0 fully saturated rings. The molecule has 0 amide bonds. The molecular weight excluding hydrogens is 166 g/mol. The van der Waals surface area contributed by atoms with Crippen molar-refractivity contribution < 1.29 is 0 Å². The number of rotatable bonds is 2. The first-order valence-corrected chi connectivity index (χ1v) is 4.59. The van der Waals surface area contributed by atoms with Crippen molar-refractivity contribution in [1.82, 2.24) is 0 Å². The van der Waals surface area contributed by atoms with Gasteiger partial charge in [0.1, 0.15) is 0 Å². The van der Waals surface area contributed by atoms with Crippen molar-refractivity contribution in [2.75, 3.05) is 0 Å². The average Bonchev–Trinajstić information content (AvgIpc) is 2.06. The highest BCUT2D eigenvalue weighted by Crippen LogP contribution is 2.14. The second kappa shape index (κ2) is 4.78. The molecule has 1 rings (SSSR count). The number of nitrogens with zero attached hydrogens (tertiary/aromatic N) is 1. The van der Waals surface area contributed by atoms with E-state index < -0.39 is 0 Å². The summed E-state index contributed by atoms with van der Waals surface area (Å²) >= 11 is 1.54. The van der Waals surface area contributed by atoms with Crippen LogP contribution in [0.4, 0.5) is 5.69 Å². The second-order valence-corrected chi connectivity index (χ2v) is 3.41. The van der Waals surface area contributed by atoms with Gasteiger partial charge in [-0.2, -0.15) is 0 Å². The molecule has 0 aliphatic carbocycles. The number of hydrogen-bond donors (Lipinski definition) is 0. The van der Waals surface area contributed by atoms with Crippen molar-refractivity contribution in [2.24, 2.45) is 4.99 Å². The molecule has 12 heavy (non-hydrogen) atoms. The Labute approximate surface area is 77.2 Å². The van der Waals surface area contributed by atoms with Gasteiger partial charge in [0, 0.05) is 0 Å². The highest BCUT2D eigenvalue weighted by molar-refractivity contribution is 8.16. The topological polar surface area (TPSA) is 12.4 Å². The van der Waals surface area contributed by atoms with Gasteiger partial charge in [0.25, 0.3) is 0 Å². The zero-order valence-corrected chi connectivity index (χ0v) is 7.84. The molecule has 0 radical (unpaired) electrons. The molecule has 0 aliphatic heterocycles. The minimum atomic E-state index is 0.990. The summed E-state index contributed by atoms with van der Waals surface area (Å²) < 4.78 is 0. The first-order chi connectivity index (χ1) is 5.83. The van der Waals surface area contributed by atoms with E-state index in [0.717, 1.165) is 10.7 Å². The second-order valence-electron chi connectivity index (χ2n) is 2.25. The summed E-state index contributed by atoms with van der Waals surface area (Å²) in [7, 11) is 0. The molecule has 62 valence electrons. The maximum absolute atomic E-state index is 4.36. The van der Waals surface area contributed by atoms with Crippen LogP contribution in [0.5, 0.6) is 0 Å². The van der Waals surface area contributed by atoms with Gasteiger partial charge >= 0.3 is 0 Å². The van der Waals surface area contributed by atoms with Crippen LogP contribution < -0.4 is 0 Å². The van der Waals surface area contributed by atoms with Gasteiger partial charge in [-0.15, -0.1) is 0 Å². The molecule has 0 bridgehead atoms. The van der Waals surface area contributed by atoms with Gasteiger partial charge < -0.3 is 0 Å². The van der Waals surface area contributed by atoms with Crippen LogP contribution in [-0.2, 0) is 0 Å². The van der Waals surface area contributed by atoms with Crippen LogP contribution in [0.1, 0.15) is 6.92 Å². The summed E-state index contributed by atoms with van der Waals surface area (Å²) in [6, 6.07) is 9.89. The normalized spacial score (nSPS) is 11.2. The number of hydrogen-bond acceptors (Lipinski definition) is 2. The van der Waals surface area contributed by atoms with Crippen LogP contribution in [-0.4, -0.2) is 5.04 Å². The number of thioether (sulfide) groups is 1. The maximum atomic E-state index is 4.36. The van der Waals surface area contributed by atoms with Crippen molar-refractivity contribution in [3.8, 4) is 0 Å². The van der Waals surface area contributed by atoms with E-state index in [2.05, 4.69) is 11.6 Å². The minimum absolute atomic E-state index is 0.990. The number of aliphatic imine (C=N–C) groups is 1. The fraction of sp³-hybridized carbons (Fsp3) is 0.100. The zero-order valence-electron chi connectivity index (χ0n) is 7.03. The van der Waals surface area contributed by atoms with E-state index >= 15 is 0 Å². The monoisotopic (exact) mass is 177 g/mol. The third kappa shape index (κ3) is 2.93. The molecule has 0 spiro atoms. The van der Waals surface area contributed by atoms with Crippen molar-refractivity contribution in [2.45, 2.75) is 6.92 Å². The summed E-state index contributed by atoms with van der Waals surface area (Å²) in [6.45, 7) is 5.60. The highest BCUT2D eigenvalue weighted by atomic mass is 32.2. The van der Waals surface area contributed by atoms with Crippen molar-refractivity contribution in [3.63, 3.8) is 0 Å². The summed E-state index contributed by atoms with van der Waals surface area (Å²) in [5.41, 5.74) is 0.990. The van der Waals surface area contributed by atoms with Crippen molar-refractivity contribution >= 4 is 22.5 Å². The maximum Gasteiger partial charge on any atom is 0.0749 e. The van der Waals surface area contributed by atoms with E-state index in [1.807, 2.05) is 37.3 Å². The number of benzene rings is 1. The van der Waals surface area contributed by atoms with Crippen LogP contribution in [0.2, 0.25) is 0 Å². The zero-order chi connectivity index (χ0) is 8.81. The van der Waals surface area contributed by atoms with Crippen LogP contribution in [0.3, 0.4) is 0 Å². The fourth-order valence-electron chi connectivity index (χ4n) is 0.831. The molecule has 0 saturated heterocycles. The van der Waals surface area contributed by atoms with Gasteiger partial charge in [0.2, 0.25) is 0 Å². The molecular formula is C10H11NS. The Morgan fingerprint density at radius 3 is 2.67 bits per heavy atom. The lowest BCUT2D eigenvalue weighted by Crippen LogP contribution is -1.77. The Kier molecular flexibility index (Phi) is 3.61. The van der Waals surface area contributed by atoms with Gasteiger partial charge in [-0.1, -0.05) is 36.5 Å². The van der Waals surface area contributed by atoms with Crippen LogP contribution >= 0.6 is 11.8 Å². The third-order valence-corrected chi connectivity index (χ3v) is 1.90. The third-order valence-electron chi connectivity index (χ3n) is 1.30. The van der Waals surface area contributed by atoms with Gasteiger partial charge in [0.15, 0.2) is 0 Å². The first-order valence-electron chi connectivity index (χ1n) is 3.71. The summed E-state index contributed by atoms with van der Waals surface area (Å²) in [4.78, 5) is 4.36. The molecule has 0 atom stereocenters. The SMILES string of the molecule is C=CSC(C)=Nc1ccccc1. The largest absolute Gasteiger partial charge is 0.247 e. The summed E-state index contributed by atoms with van der Waals surface area (Å²) in [5, 5.41) is 2.79. The first kappa shape index (κ1) is 9.07. The highest BCUT2D eigenvalue weighted by Gasteiger charge is 1.88. The van der Waals surface area contributed by atoms with Gasteiger partial charge in [-0.3, -0.25) is 0 Å². The Morgan fingerprint density at radius 2 is 2.08 bits per heavy atom. The van der Waals surface area contributed by atoms with E-state index in [1.165, 1.54) is 11.8 Å². The van der Waals surface area contributed by atoms with Crippen LogP contribution in [0, 0.1) is 0 Å². The van der Waals surface area contributed by atoms with Gasteiger partial charge in [0.05, 0.1) is 10.7 Å². The molecule has 0 unspecified atom stereocenters. The molecule has 0 N–H and O–H groups in total. The molecule has 0 heterocycles. The van der Waals surface area contributed by atoms with E-state index in [1.54, 1.807) is 5.41 Å². The lowest BCUT2D eigenvalue weighted by molar-refractivity contribution is 1.52. The van der Waals surface area contributed by atoms with Gasteiger partial charge in [-0.25, -0.2) is 4.99 Å². The Bertz CT molecular complexity index is 277. The van der Waals surface area contributed by atoms with E-state index in [0.29, 0.717) is 0 Å². The molecule has 0 aromatic heterocycles. The standard InChI is InChI=1S/C10H11NS/c1-3-12-9(2)11-10-7-5-4-6-8-10/h3-8H,1H2,2H3. The molecule has 2 heteroatoms. The van der Waals surface area contributed by atoms with E-state index in [-0.39, 0.29) is 0 Å². The average molecular weight is 177 g/mol. The van der Waals surface area contributed by atoms with Gasteiger partial charge in [-0.05, 0) is 24.5 Å². The lowest BCUT2D eigenvalue weighted by atomic mass is 10.3. The van der Waals surface area contributed by atoms with Crippen molar-refractivity contribution in [1.29, 1.82) is 0 Å². The Hall–Kier alpha value is -1.02. The molecule has 1 aromatic rings. The molecule has 1 nitrogen and oxygen atoms in total. The molecule has 0 aliphatic rings. The minimum Gasteiger partial charge on any atom is -0.247 e. The predicted molar refractivity (Wildman–Crippen MR) is 57.0 cm³/mol. The quantitative estimate of drug-likeness (QED) is 0.496. The molecule has 0 saturated carbocycles. The fourth-order valence-corrected chi connectivity index (χ4v) is 1.23. The summed E-state index contributed by atoms with van der Waals surface area (Å²) in [5.74, 6) is 0. The lowest BCUT2D eigenvalue weighted by Gasteiger charge is -1.94. The van der Waals surface area contributed by atoms with Crippen molar-refractivity contribution in [3.05, 3.63) is 42.3 Å². The van der Waals surface area contributed by atoms with Crippen LogP contribution in [0.25, 0.3) is 0 Å². The smallest absolute Gasteiger partial charge is 0.0749 e. The summed E-state index contributed by atoms with van der Waals surface area (Å²) in [6.07, 6.45) is 0. The molecule has 1 aromatic carbocycles. The van der Waals surface area contributed by atoms with E-state index in [9.17, 15) is 0 Å². The Morgan fingerprint density at radius 1 is 1.42 bits per heavy atom. The van der Waals surface area contributed by atoms with Crippen LogP contribution in [0.15, 0.2) is 47.3 Å². The number of para-hydroxylation sites is 1.